The lowest BCUT2D eigenvalue weighted by Crippen LogP contribution is -1.46. The molecule has 0 bridgehead atoms. The van der Waals surface area contributed by atoms with Crippen molar-refractivity contribution < 1.29 is 0 Å². The number of hydrogen-bond donors (Lipinski definition) is 0. The van der Waals surface area contributed by atoms with E-state index in [1.54, 1.807) is 6.08 Å². The highest BCUT2D eigenvalue weighted by molar-refractivity contribution is 8.93. The molecule has 0 amide bonds. The molecule has 0 aliphatic heterocycles. The quantitative estimate of drug-likeness (QED) is 0.549. The summed E-state index contributed by atoms with van der Waals surface area (Å²) in [7, 11) is 0. The van der Waals surface area contributed by atoms with Crippen LogP contribution in [0.1, 0.15) is 13.3 Å². The second-order valence-corrected chi connectivity index (χ2v) is 1.07. The Bertz CT molecular complexity index is 55.2. The van der Waals surface area contributed by atoms with Gasteiger partial charge in [-0.15, -0.1) is 17.0 Å². The van der Waals surface area contributed by atoms with Crippen molar-refractivity contribution >= 4 is 17.0 Å². The van der Waals surface area contributed by atoms with Gasteiger partial charge in [-0.2, -0.15) is 0 Å². The van der Waals surface area contributed by atoms with E-state index >= 15 is 0 Å². The normalized spacial score (nSPS) is 8.14. The first kappa shape index (κ1) is 10.0. The van der Waals surface area contributed by atoms with Gasteiger partial charge in [0.2, 0.25) is 0 Å². The van der Waals surface area contributed by atoms with E-state index in [-0.39, 0.29) is 17.0 Å². The predicted octanol–water partition coefficient (Wildman–Crippen LogP) is 2.72. The van der Waals surface area contributed by atoms with Crippen molar-refractivity contribution in [1.82, 2.24) is 0 Å². The fraction of sp³-hybridized carbons (Fsp3) is 0.333. The Morgan fingerprint density at radius 2 is 2.14 bits per heavy atom. The fourth-order valence-electron chi connectivity index (χ4n) is 0.232. The first-order valence-electron chi connectivity index (χ1n) is 2.19. The Balaban J connectivity index is 0. The van der Waals surface area contributed by atoms with E-state index in [0.717, 1.165) is 6.42 Å². The van der Waals surface area contributed by atoms with E-state index in [2.05, 4.69) is 19.6 Å². The molecule has 0 unspecified atom stereocenters. The van der Waals surface area contributed by atoms with E-state index in [1.165, 1.54) is 0 Å². The molecule has 0 saturated carbocycles. The van der Waals surface area contributed by atoms with Gasteiger partial charge in [-0.05, 0) is 6.42 Å². The Labute approximate surface area is 55.7 Å². The van der Waals surface area contributed by atoms with Crippen LogP contribution < -0.4 is 0 Å². The van der Waals surface area contributed by atoms with Crippen molar-refractivity contribution in [2.75, 3.05) is 0 Å². The maximum absolute atomic E-state index is 3.51. The zero-order valence-corrected chi connectivity index (χ0v) is 6.27. The lowest BCUT2D eigenvalue weighted by atomic mass is 10.4. The van der Waals surface area contributed by atoms with E-state index < -0.39 is 0 Å². The molecule has 0 aromatic heterocycles. The highest BCUT2D eigenvalue weighted by Crippen LogP contribution is 1.76. The summed E-state index contributed by atoms with van der Waals surface area (Å²) in [6.07, 6.45) is 6.89. The molecule has 1 heteroatoms. The predicted molar refractivity (Wildman–Crippen MR) is 40.0 cm³/mol. The van der Waals surface area contributed by atoms with Gasteiger partial charge in [-0.1, -0.05) is 31.7 Å². The molecular formula is C6H11Br. The van der Waals surface area contributed by atoms with Crippen molar-refractivity contribution in [1.29, 1.82) is 0 Å². The minimum absolute atomic E-state index is 0. The van der Waals surface area contributed by atoms with Gasteiger partial charge in [-0.3, -0.25) is 0 Å². The van der Waals surface area contributed by atoms with Gasteiger partial charge >= 0.3 is 0 Å². The molecule has 0 radical (unpaired) electrons. The summed E-state index contributed by atoms with van der Waals surface area (Å²) in [5.41, 5.74) is 0. The first-order chi connectivity index (χ1) is 2.91. The maximum Gasteiger partial charge on any atom is -0.0376 e. The smallest absolute Gasteiger partial charge is 0.0376 e. The summed E-state index contributed by atoms with van der Waals surface area (Å²) < 4.78 is 0. The molecule has 7 heavy (non-hydrogen) atoms. The molecule has 0 saturated heterocycles. The average Bonchev–Trinajstić information content (AvgIpc) is 1.61. The molecular weight excluding hydrogens is 152 g/mol. The van der Waals surface area contributed by atoms with Gasteiger partial charge in [0.25, 0.3) is 0 Å². The van der Waals surface area contributed by atoms with Crippen molar-refractivity contribution in [3.63, 3.8) is 0 Å². The van der Waals surface area contributed by atoms with Crippen LogP contribution in [0.25, 0.3) is 0 Å². The van der Waals surface area contributed by atoms with E-state index in [9.17, 15) is 0 Å². The fourth-order valence-corrected chi connectivity index (χ4v) is 0.232. The molecule has 42 valence electrons. The van der Waals surface area contributed by atoms with Gasteiger partial charge in [0.15, 0.2) is 0 Å². The van der Waals surface area contributed by atoms with Crippen LogP contribution in [-0.2, 0) is 0 Å². The molecule has 0 spiro atoms. The van der Waals surface area contributed by atoms with Crippen LogP contribution in [0.2, 0.25) is 0 Å². The highest BCUT2D eigenvalue weighted by Gasteiger charge is 1.55. The van der Waals surface area contributed by atoms with Gasteiger partial charge < -0.3 is 0 Å². The number of hydrogen-bond acceptors (Lipinski definition) is 0. The molecule has 0 fully saturated rings. The monoisotopic (exact) mass is 162 g/mol. The second kappa shape index (κ2) is 9.35. The Kier molecular flexibility index (Phi) is 13.4. The Hall–Kier alpha value is -0.0400. The Morgan fingerprint density at radius 1 is 1.57 bits per heavy atom. The zero-order chi connectivity index (χ0) is 4.83. The van der Waals surface area contributed by atoms with Crippen LogP contribution in [0.5, 0.6) is 0 Å². The van der Waals surface area contributed by atoms with Crippen molar-refractivity contribution in [3.8, 4) is 0 Å². The topological polar surface area (TPSA) is 0 Å². The Morgan fingerprint density at radius 3 is 2.29 bits per heavy atom. The molecule has 0 rings (SSSR count). The van der Waals surface area contributed by atoms with Crippen LogP contribution in [0.15, 0.2) is 24.8 Å². The number of rotatable bonds is 2. The SMILES string of the molecule is Br.C=CC=CCC. The van der Waals surface area contributed by atoms with Crippen LogP contribution in [0.4, 0.5) is 0 Å². The molecule has 0 nitrogen and oxygen atoms in total. The molecule has 0 aromatic rings. The summed E-state index contributed by atoms with van der Waals surface area (Å²) in [6, 6.07) is 0. The minimum atomic E-state index is 0. The lowest BCUT2D eigenvalue weighted by molar-refractivity contribution is 1.22. The van der Waals surface area contributed by atoms with E-state index in [1.807, 2.05) is 6.08 Å². The number of halogens is 1. The highest BCUT2D eigenvalue weighted by atomic mass is 79.9. The van der Waals surface area contributed by atoms with Crippen LogP contribution >= 0.6 is 17.0 Å². The standard InChI is InChI=1S/C6H10.BrH/c1-3-5-6-4-2;/h3,5-6H,1,4H2,2H3;1H. The van der Waals surface area contributed by atoms with E-state index in [0.29, 0.717) is 0 Å². The largest absolute Gasteiger partial charge is 0.114 e. The van der Waals surface area contributed by atoms with E-state index in [4.69, 9.17) is 0 Å². The summed E-state index contributed by atoms with van der Waals surface area (Å²) in [5.74, 6) is 0. The first-order valence-corrected chi connectivity index (χ1v) is 2.19. The van der Waals surface area contributed by atoms with Crippen molar-refractivity contribution in [3.05, 3.63) is 24.8 Å². The second-order valence-electron chi connectivity index (χ2n) is 1.07. The summed E-state index contributed by atoms with van der Waals surface area (Å²) in [4.78, 5) is 0. The van der Waals surface area contributed by atoms with Gasteiger partial charge in [0.1, 0.15) is 0 Å². The molecule has 0 aliphatic rings. The molecule has 0 N–H and O–H groups in total. The summed E-state index contributed by atoms with van der Waals surface area (Å²) >= 11 is 0. The molecule has 0 aliphatic carbocycles. The molecule has 0 aromatic carbocycles. The third kappa shape index (κ3) is 10.7. The van der Waals surface area contributed by atoms with Gasteiger partial charge in [0.05, 0.1) is 0 Å². The average molecular weight is 163 g/mol. The third-order valence-corrected chi connectivity index (χ3v) is 0.508. The van der Waals surface area contributed by atoms with Gasteiger partial charge in [-0.25, -0.2) is 0 Å². The lowest BCUT2D eigenvalue weighted by Gasteiger charge is -1.67. The van der Waals surface area contributed by atoms with Crippen molar-refractivity contribution in [2.24, 2.45) is 0 Å². The molecule has 0 heterocycles. The maximum atomic E-state index is 3.51. The van der Waals surface area contributed by atoms with Crippen LogP contribution in [-0.4, -0.2) is 0 Å². The van der Waals surface area contributed by atoms with Crippen LogP contribution in [0, 0.1) is 0 Å². The number of allylic oxidation sites excluding steroid dienone is 3. The minimum Gasteiger partial charge on any atom is -0.114 e. The summed E-state index contributed by atoms with van der Waals surface area (Å²) in [5, 5.41) is 0. The summed E-state index contributed by atoms with van der Waals surface area (Å²) in [6.45, 7) is 5.61. The van der Waals surface area contributed by atoms with Gasteiger partial charge in [0, 0.05) is 0 Å². The zero-order valence-electron chi connectivity index (χ0n) is 4.55. The van der Waals surface area contributed by atoms with Crippen LogP contribution in [0.3, 0.4) is 0 Å². The van der Waals surface area contributed by atoms with Crippen molar-refractivity contribution in [2.45, 2.75) is 13.3 Å². The third-order valence-electron chi connectivity index (χ3n) is 0.508. The molecule has 0 atom stereocenters.